The molecule has 1 aromatic carbocycles. The van der Waals surface area contributed by atoms with Gasteiger partial charge in [-0.3, -0.25) is 0 Å². The van der Waals surface area contributed by atoms with Crippen molar-refractivity contribution < 1.29 is 13.2 Å². The van der Waals surface area contributed by atoms with E-state index in [-0.39, 0.29) is 17.9 Å². The van der Waals surface area contributed by atoms with Crippen LogP contribution >= 0.6 is 15.9 Å². The van der Waals surface area contributed by atoms with Gasteiger partial charge in [-0.15, -0.1) is 0 Å². The van der Waals surface area contributed by atoms with Crippen LogP contribution in [0.1, 0.15) is 5.56 Å². The average Bonchev–Trinajstić information content (AvgIpc) is 2.58. The predicted molar refractivity (Wildman–Crippen MR) is 59.8 cm³/mol. The lowest BCUT2D eigenvalue weighted by molar-refractivity contribution is 0.486. The number of benzene rings is 1. The van der Waals surface area contributed by atoms with E-state index in [9.17, 15) is 13.2 Å². The van der Waals surface area contributed by atoms with Crippen LogP contribution in [0.5, 0.6) is 0 Å². The van der Waals surface area contributed by atoms with Crippen LogP contribution in [0, 0.1) is 17.5 Å². The standard InChI is InChI=1S/C10H7BrF3N3/c11-6-3-16-17(10(6)15)4-5-1-8(13)9(14)2-7(5)12/h1-3H,4,15H2. The smallest absolute Gasteiger partial charge is 0.161 e. The number of nitrogens with zero attached hydrogens (tertiary/aromatic N) is 2. The number of anilines is 1. The van der Waals surface area contributed by atoms with E-state index in [0.29, 0.717) is 10.5 Å². The quantitative estimate of drug-likeness (QED) is 0.867. The Labute approximate surface area is 103 Å². The van der Waals surface area contributed by atoms with Crippen molar-refractivity contribution in [3.8, 4) is 0 Å². The molecule has 2 N–H and O–H groups in total. The fourth-order valence-corrected chi connectivity index (χ4v) is 1.64. The summed E-state index contributed by atoms with van der Waals surface area (Å²) in [5.74, 6) is -2.88. The van der Waals surface area contributed by atoms with E-state index < -0.39 is 17.5 Å². The van der Waals surface area contributed by atoms with Crippen LogP contribution in [0.2, 0.25) is 0 Å². The molecular weight excluding hydrogens is 299 g/mol. The number of nitrogen functional groups attached to an aromatic ring is 1. The van der Waals surface area contributed by atoms with Gasteiger partial charge in [0.05, 0.1) is 17.2 Å². The second-order valence-corrected chi connectivity index (χ2v) is 4.25. The van der Waals surface area contributed by atoms with E-state index in [1.165, 1.54) is 10.9 Å². The van der Waals surface area contributed by atoms with E-state index >= 15 is 0 Å². The Morgan fingerprint density at radius 1 is 1.18 bits per heavy atom. The highest BCUT2D eigenvalue weighted by atomic mass is 79.9. The van der Waals surface area contributed by atoms with Gasteiger partial charge in [0, 0.05) is 11.6 Å². The average molecular weight is 306 g/mol. The van der Waals surface area contributed by atoms with Crippen molar-refractivity contribution in [3.05, 3.63) is 45.8 Å². The lowest BCUT2D eigenvalue weighted by Gasteiger charge is -2.06. The van der Waals surface area contributed by atoms with Crippen LogP contribution in [0.4, 0.5) is 19.0 Å². The molecule has 1 aromatic heterocycles. The highest BCUT2D eigenvalue weighted by Gasteiger charge is 2.12. The molecule has 0 spiro atoms. The molecular formula is C10H7BrF3N3. The van der Waals surface area contributed by atoms with Gasteiger partial charge in [0.25, 0.3) is 0 Å². The third-order valence-electron chi connectivity index (χ3n) is 2.24. The first-order chi connectivity index (χ1) is 7.99. The van der Waals surface area contributed by atoms with Gasteiger partial charge in [0.1, 0.15) is 11.6 Å². The largest absolute Gasteiger partial charge is 0.383 e. The molecule has 3 nitrogen and oxygen atoms in total. The molecule has 2 aromatic rings. The normalized spacial score (nSPS) is 10.8. The van der Waals surface area contributed by atoms with E-state index in [1.54, 1.807) is 0 Å². The third-order valence-corrected chi connectivity index (χ3v) is 2.85. The van der Waals surface area contributed by atoms with Gasteiger partial charge < -0.3 is 5.73 Å². The maximum absolute atomic E-state index is 13.4. The van der Waals surface area contributed by atoms with Crippen molar-refractivity contribution in [3.63, 3.8) is 0 Å². The lowest BCUT2D eigenvalue weighted by atomic mass is 10.2. The zero-order chi connectivity index (χ0) is 12.6. The molecule has 17 heavy (non-hydrogen) atoms. The second kappa shape index (κ2) is 4.40. The van der Waals surface area contributed by atoms with Gasteiger partial charge in [0.2, 0.25) is 0 Å². The summed E-state index contributed by atoms with van der Waals surface area (Å²) < 4.78 is 40.9. The molecule has 0 amide bonds. The summed E-state index contributed by atoms with van der Waals surface area (Å²) in [6.07, 6.45) is 1.44. The molecule has 90 valence electrons. The van der Waals surface area contributed by atoms with Gasteiger partial charge >= 0.3 is 0 Å². The Morgan fingerprint density at radius 2 is 1.82 bits per heavy atom. The van der Waals surface area contributed by atoms with Gasteiger partial charge in [-0.25, -0.2) is 17.9 Å². The Kier molecular flexibility index (Phi) is 3.10. The summed E-state index contributed by atoms with van der Waals surface area (Å²) in [5.41, 5.74) is 5.61. The summed E-state index contributed by atoms with van der Waals surface area (Å²) in [5, 5.41) is 3.87. The Balaban J connectivity index is 2.36. The fraction of sp³-hybridized carbons (Fsp3) is 0.100. The van der Waals surface area contributed by atoms with Gasteiger partial charge in [-0.1, -0.05) is 0 Å². The molecule has 0 aliphatic rings. The van der Waals surface area contributed by atoms with Crippen molar-refractivity contribution in [2.24, 2.45) is 0 Å². The molecule has 1 heterocycles. The van der Waals surface area contributed by atoms with E-state index in [4.69, 9.17) is 5.73 Å². The Hall–Kier alpha value is -1.50. The highest BCUT2D eigenvalue weighted by molar-refractivity contribution is 9.10. The maximum Gasteiger partial charge on any atom is 0.161 e. The molecule has 0 bridgehead atoms. The van der Waals surface area contributed by atoms with Gasteiger partial charge in [0.15, 0.2) is 11.6 Å². The maximum atomic E-state index is 13.4. The fourth-order valence-electron chi connectivity index (χ4n) is 1.34. The lowest BCUT2D eigenvalue weighted by Crippen LogP contribution is -2.08. The second-order valence-electron chi connectivity index (χ2n) is 3.39. The first kappa shape index (κ1) is 12.0. The van der Waals surface area contributed by atoms with Crippen molar-refractivity contribution in [1.29, 1.82) is 0 Å². The molecule has 0 aliphatic heterocycles. The number of hydrogen-bond acceptors (Lipinski definition) is 2. The molecule has 0 saturated heterocycles. The summed E-state index contributed by atoms with van der Waals surface area (Å²) >= 11 is 3.14. The minimum Gasteiger partial charge on any atom is -0.383 e. The predicted octanol–water partition coefficient (Wildman–Crippen LogP) is 2.69. The number of nitrogens with two attached hydrogens (primary N) is 1. The number of halogens is 4. The van der Waals surface area contributed by atoms with Gasteiger partial charge in [-0.05, 0) is 22.0 Å². The van der Waals surface area contributed by atoms with Crippen LogP contribution in [-0.2, 0) is 6.54 Å². The third kappa shape index (κ3) is 2.28. The minimum absolute atomic E-state index is 0.0220. The summed E-state index contributed by atoms with van der Waals surface area (Å²) in [6, 6.07) is 1.29. The van der Waals surface area contributed by atoms with Crippen LogP contribution < -0.4 is 5.73 Å². The molecule has 0 unspecified atom stereocenters. The molecule has 0 aliphatic carbocycles. The summed E-state index contributed by atoms with van der Waals surface area (Å²) in [6.45, 7) is -0.0690. The van der Waals surface area contributed by atoms with Crippen molar-refractivity contribution in [1.82, 2.24) is 9.78 Å². The SMILES string of the molecule is Nc1c(Br)cnn1Cc1cc(F)c(F)cc1F. The van der Waals surface area contributed by atoms with Gasteiger partial charge in [-0.2, -0.15) is 5.10 Å². The zero-order valence-electron chi connectivity index (χ0n) is 8.42. The molecule has 0 fully saturated rings. The van der Waals surface area contributed by atoms with Crippen LogP contribution in [0.25, 0.3) is 0 Å². The first-order valence-corrected chi connectivity index (χ1v) is 5.38. The van der Waals surface area contributed by atoms with E-state index in [2.05, 4.69) is 21.0 Å². The Bertz CT molecular complexity index is 568. The highest BCUT2D eigenvalue weighted by Crippen LogP contribution is 2.20. The zero-order valence-corrected chi connectivity index (χ0v) is 10.0. The monoisotopic (exact) mass is 305 g/mol. The molecule has 2 rings (SSSR count). The first-order valence-electron chi connectivity index (χ1n) is 4.59. The molecule has 0 atom stereocenters. The number of aromatic nitrogens is 2. The molecule has 0 radical (unpaired) electrons. The summed E-state index contributed by atoms with van der Waals surface area (Å²) in [4.78, 5) is 0. The Morgan fingerprint density at radius 3 is 2.41 bits per heavy atom. The minimum atomic E-state index is -1.22. The molecule has 7 heteroatoms. The van der Waals surface area contributed by atoms with Crippen LogP contribution in [0.15, 0.2) is 22.8 Å². The number of rotatable bonds is 2. The van der Waals surface area contributed by atoms with Crippen molar-refractivity contribution >= 4 is 21.7 Å². The topological polar surface area (TPSA) is 43.8 Å². The summed E-state index contributed by atoms with van der Waals surface area (Å²) in [7, 11) is 0. The number of hydrogen-bond donors (Lipinski definition) is 1. The van der Waals surface area contributed by atoms with Crippen molar-refractivity contribution in [2.45, 2.75) is 6.54 Å². The van der Waals surface area contributed by atoms with E-state index in [0.717, 1.165) is 6.07 Å². The van der Waals surface area contributed by atoms with Crippen molar-refractivity contribution in [2.75, 3.05) is 5.73 Å². The van der Waals surface area contributed by atoms with Crippen LogP contribution in [0.3, 0.4) is 0 Å². The van der Waals surface area contributed by atoms with Crippen LogP contribution in [-0.4, -0.2) is 9.78 Å². The van der Waals surface area contributed by atoms with E-state index in [1.807, 2.05) is 0 Å². The molecule has 0 saturated carbocycles.